The summed E-state index contributed by atoms with van der Waals surface area (Å²) >= 11 is 1.51. The second kappa shape index (κ2) is 9.74. The first-order valence-electron chi connectivity index (χ1n) is 9.75. The van der Waals surface area contributed by atoms with E-state index < -0.39 is 0 Å². The van der Waals surface area contributed by atoms with E-state index in [-0.39, 0.29) is 11.9 Å². The number of amides is 1. The normalized spacial score (nSPS) is 15.5. The molecule has 1 heterocycles. The van der Waals surface area contributed by atoms with E-state index in [0.717, 1.165) is 35.8 Å². The molecular weight excluding hydrogens is 360 g/mol. The largest absolute Gasteiger partial charge is 0.493 e. The number of carbonyl (C=O) groups excluding carboxylic acids is 1. The summed E-state index contributed by atoms with van der Waals surface area (Å²) in [5.74, 6) is 2.34. The fraction of sp³-hybridized carbons (Fsp3) is 0.524. The Labute approximate surface area is 165 Å². The van der Waals surface area contributed by atoms with Crippen LogP contribution in [0.15, 0.2) is 30.5 Å². The maximum Gasteiger partial charge on any atom is 0.278 e. The Morgan fingerprint density at radius 2 is 1.96 bits per heavy atom. The molecule has 2 aromatic rings. The fourth-order valence-corrected chi connectivity index (χ4v) is 4.21. The van der Waals surface area contributed by atoms with Gasteiger partial charge in [-0.05, 0) is 49.4 Å². The summed E-state index contributed by atoms with van der Waals surface area (Å²) < 4.78 is 11.7. The summed E-state index contributed by atoms with van der Waals surface area (Å²) in [6.07, 6.45) is 8.72. The van der Waals surface area contributed by atoms with Crippen molar-refractivity contribution in [2.75, 3.05) is 6.61 Å². The van der Waals surface area contributed by atoms with Crippen LogP contribution in [0.1, 0.15) is 50.8 Å². The standard InChI is InChI=1S/C21H28N2O3S/c1-3-17(23-15(2)24)12-20-13-22-21(27-20)26-19-10-8-18(9-11-19)25-14-16-6-4-5-7-16/h8-11,13,16-17H,3-7,12,14H2,1-2H3,(H,23,24). The van der Waals surface area contributed by atoms with Gasteiger partial charge in [-0.15, -0.1) is 0 Å². The minimum Gasteiger partial charge on any atom is -0.493 e. The SMILES string of the molecule is CCC(Cc1cnc(Oc2ccc(OCC3CCCC3)cc2)s1)NC(C)=O. The van der Waals surface area contributed by atoms with E-state index in [1.165, 1.54) is 37.0 Å². The second-order valence-electron chi connectivity index (χ2n) is 7.14. The van der Waals surface area contributed by atoms with Crippen molar-refractivity contribution in [2.24, 2.45) is 5.92 Å². The highest BCUT2D eigenvalue weighted by Crippen LogP contribution is 2.29. The van der Waals surface area contributed by atoms with Crippen LogP contribution >= 0.6 is 11.3 Å². The summed E-state index contributed by atoms with van der Waals surface area (Å²) in [7, 11) is 0. The number of thiazole rings is 1. The molecule has 1 aromatic carbocycles. The Morgan fingerprint density at radius 1 is 1.26 bits per heavy atom. The van der Waals surface area contributed by atoms with Crippen molar-refractivity contribution in [2.45, 2.75) is 58.4 Å². The molecule has 27 heavy (non-hydrogen) atoms. The van der Waals surface area contributed by atoms with E-state index in [0.29, 0.717) is 11.1 Å². The molecule has 1 atom stereocenters. The van der Waals surface area contributed by atoms with Crippen LogP contribution in [0.25, 0.3) is 0 Å². The lowest BCUT2D eigenvalue weighted by atomic mass is 10.1. The van der Waals surface area contributed by atoms with E-state index in [1.807, 2.05) is 30.5 Å². The number of benzene rings is 1. The van der Waals surface area contributed by atoms with Gasteiger partial charge in [0, 0.05) is 30.5 Å². The van der Waals surface area contributed by atoms with Gasteiger partial charge in [-0.1, -0.05) is 31.1 Å². The van der Waals surface area contributed by atoms with E-state index >= 15 is 0 Å². The minimum atomic E-state index is -0.00178. The highest BCUT2D eigenvalue weighted by atomic mass is 32.1. The molecule has 0 aliphatic heterocycles. The molecule has 0 saturated heterocycles. The van der Waals surface area contributed by atoms with Crippen LogP contribution in [0.2, 0.25) is 0 Å². The van der Waals surface area contributed by atoms with E-state index in [4.69, 9.17) is 9.47 Å². The molecule has 1 aliphatic carbocycles. The topological polar surface area (TPSA) is 60.5 Å². The van der Waals surface area contributed by atoms with E-state index in [1.54, 1.807) is 6.92 Å². The third-order valence-electron chi connectivity index (χ3n) is 4.87. The van der Waals surface area contributed by atoms with Crippen LogP contribution in [0.4, 0.5) is 0 Å². The number of ether oxygens (including phenoxy) is 2. The van der Waals surface area contributed by atoms with Crippen molar-refractivity contribution in [3.05, 3.63) is 35.3 Å². The molecule has 1 unspecified atom stereocenters. The number of aromatic nitrogens is 1. The number of hydrogen-bond acceptors (Lipinski definition) is 5. The Morgan fingerprint density at radius 3 is 2.63 bits per heavy atom. The third kappa shape index (κ3) is 6.24. The van der Waals surface area contributed by atoms with Crippen molar-refractivity contribution in [1.82, 2.24) is 10.3 Å². The van der Waals surface area contributed by atoms with Gasteiger partial charge < -0.3 is 14.8 Å². The maximum absolute atomic E-state index is 11.2. The minimum absolute atomic E-state index is 0.00178. The number of carbonyl (C=O) groups is 1. The molecule has 1 saturated carbocycles. The maximum atomic E-state index is 11.2. The van der Waals surface area contributed by atoms with Gasteiger partial charge in [0.2, 0.25) is 5.91 Å². The third-order valence-corrected chi connectivity index (χ3v) is 5.77. The van der Waals surface area contributed by atoms with Crippen LogP contribution < -0.4 is 14.8 Å². The molecule has 1 aliphatic rings. The van der Waals surface area contributed by atoms with Gasteiger partial charge in [0.05, 0.1) is 6.61 Å². The first-order chi connectivity index (χ1) is 13.1. The predicted molar refractivity (Wildman–Crippen MR) is 108 cm³/mol. The average Bonchev–Trinajstić information content (AvgIpc) is 3.32. The zero-order chi connectivity index (χ0) is 19.1. The molecule has 0 spiro atoms. The fourth-order valence-electron chi connectivity index (χ4n) is 3.35. The highest BCUT2D eigenvalue weighted by molar-refractivity contribution is 7.13. The van der Waals surface area contributed by atoms with Gasteiger partial charge in [-0.3, -0.25) is 4.79 Å². The number of nitrogens with zero attached hydrogens (tertiary/aromatic N) is 1. The van der Waals surface area contributed by atoms with Crippen LogP contribution in [-0.2, 0) is 11.2 Å². The van der Waals surface area contributed by atoms with Gasteiger partial charge in [0.25, 0.3) is 5.19 Å². The summed E-state index contributed by atoms with van der Waals surface area (Å²) in [5, 5.41) is 3.57. The molecule has 1 amide bonds. The van der Waals surface area contributed by atoms with E-state index in [2.05, 4.69) is 17.2 Å². The Hall–Kier alpha value is -2.08. The van der Waals surface area contributed by atoms with Crippen LogP contribution in [0, 0.1) is 5.92 Å². The summed E-state index contributed by atoms with van der Waals surface area (Å²) in [4.78, 5) is 16.7. The molecule has 0 radical (unpaired) electrons. The molecule has 1 aromatic heterocycles. The molecule has 1 fully saturated rings. The lowest BCUT2D eigenvalue weighted by Crippen LogP contribution is -2.33. The highest BCUT2D eigenvalue weighted by Gasteiger charge is 2.15. The molecule has 0 bridgehead atoms. The van der Waals surface area contributed by atoms with Crippen molar-refractivity contribution in [3.63, 3.8) is 0 Å². The zero-order valence-electron chi connectivity index (χ0n) is 16.1. The van der Waals surface area contributed by atoms with Crippen molar-refractivity contribution >= 4 is 17.2 Å². The zero-order valence-corrected chi connectivity index (χ0v) is 16.9. The average molecular weight is 389 g/mol. The summed E-state index contributed by atoms with van der Waals surface area (Å²) in [6.45, 7) is 4.42. The van der Waals surface area contributed by atoms with Crippen LogP contribution in [-0.4, -0.2) is 23.5 Å². The van der Waals surface area contributed by atoms with Gasteiger partial charge in [0.1, 0.15) is 11.5 Å². The first kappa shape index (κ1) is 19.7. The van der Waals surface area contributed by atoms with Crippen LogP contribution in [0.5, 0.6) is 16.7 Å². The van der Waals surface area contributed by atoms with E-state index in [9.17, 15) is 4.79 Å². The van der Waals surface area contributed by atoms with Gasteiger partial charge in [0.15, 0.2) is 0 Å². The molecule has 5 nitrogen and oxygen atoms in total. The van der Waals surface area contributed by atoms with Crippen LogP contribution in [0.3, 0.4) is 0 Å². The Kier molecular flexibility index (Phi) is 7.10. The molecule has 3 rings (SSSR count). The quantitative estimate of drug-likeness (QED) is 0.659. The predicted octanol–water partition coefficient (Wildman–Crippen LogP) is 4.96. The summed E-state index contributed by atoms with van der Waals surface area (Å²) in [6, 6.07) is 7.85. The molecular formula is C21H28N2O3S. The Balaban J connectivity index is 1.50. The molecule has 146 valence electrons. The van der Waals surface area contributed by atoms with Gasteiger partial charge in [-0.2, -0.15) is 0 Å². The lowest BCUT2D eigenvalue weighted by Gasteiger charge is -2.14. The van der Waals surface area contributed by atoms with Crippen molar-refractivity contribution in [3.8, 4) is 16.7 Å². The van der Waals surface area contributed by atoms with Crippen molar-refractivity contribution < 1.29 is 14.3 Å². The number of nitrogens with one attached hydrogen (secondary N) is 1. The lowest BCUT2D eigenvalue weighted by molar-refractivity contribution is -0.119. The van der Waals surface area contributed by atoms with Crippen molar-refractivity contribution in [1.29, 1.82) is 0 Å². The summed E-state index contributed by atoms with van der Waals surface area (Å²) in [5.41, 5.74) is 0. The van der Waals surface area contributed by atoms with Gasteiger partial charge in [-0.25, -0.2) is 4.98 Å². The Bertz CT molecular complexity index is 723. The first-order valence-corrected chi connectivity index (χ1v) is 10.6. The number of rotatable bonds is 9. The smallest absolute Gasteiger partial charge is 0.278 e. The second-order valence-corrected chi connectivity index (χ2v) is 8.21. The monoisotopic (exact) mass is 388 g/mol. The molecule has 1 N–H and O–H groups in total. The van der Waals surface area contributed by atoms with Gasteiger partial charge >= 0.3 is 0 Å². The molecule has 6 heteroatoms. The number of hydrogen-bond donors (Lipinski definition) is 1.